The highest BCUT2D eigenvalue weighted by Crippen LogP contribution is 2.41. The Hall–Kier alpha value is -2.47. The van der Waals surface area contributed by atoms with Crippen molar-refractivity contribution in [3.8, 4) is 11.1 Å². The van der Waals surface area contributed by atoms with Crippen molar-refractivity contribution in [3.63, 3.8) is 0 Å². The first-order valence-electron chi connectivity index (χ1n) is 10.3. The summed E-state index contributed by atoms with van der Waals surface area (Å²) < 4.78 is 0. The zero-order valence-electron chi connectivity index (χ0n) is 16.9. The molecule has 30 heavy (non-hydrogen) atoms. The highest BCUT2D eigenvalue weighted by atomic mass is 35.5. The van der Waals surface area contributed by atoms with E-state index >= 15 is 0 Å². The maximum atomic E-state index is 6.12. The molecule has 4 nitrogen and oxygen atoms in total. The van der Waals surface area contributed by atoms with Crippen molar-refractivity contribution < 1.29 is 4.90 Å². The Labute approximate surface area is 185 Å². The molecule has 1 aliphatic rings. The average molecular weight is 436 g/mol. The zero-order chi connectivity index (χ0) is 20.5. The summed E-state index contributed by atoms with van der Waals surface area (Å²) in [4.78, 5) is 15.7. The van der Waals surface area contributed by atoms with E-state index in [-0.39, 0.29) is 0 Å². The van der Waals surface area contributed by atoms with Gasteiger partial charge in [0.15, 0.2) is 0 Å². The van der Waals surface area contributed by atoms with Crippen molar-refractivity contribution in [2.75, 3.05) is 31.1 Å². The van der Waals surface area contributed by atoms with E-state index in [1.807, 2.05) is 12.1 Å². The summed E-state index contributed by atoms with van der Waals surface area (Å²) in [5.41, 5.74) is 3.82. The second-order valence-corrected chi connectivity index (χ2v) is 9.46. The summed E-state index contributed by atoms with van der Waals surface area (Å²) in [5, 5.41) is 1.93. The fraction of sp³-hybridized carbons (Fsp3) is 0.250. The van der Waals surface area contributed by atoms with Gasteiger partial charge in [-0.15, -0.1) is 11.3 Å². The van der Waals surface area contributed by atoms with Gasteiger partial charge in [-0.2, -0.15) is 0 Å². The molecular weight excluding hydrogens is 412 g/mol. The number of thiophene rings is 1. The van der Waals surface area contributed by atoms with Crippen LogP contribution in [0, 0.1) is 6.92 Å². The van der Waals surface area contributed by atoms with Gasteiger partial charge in [0.2, 0.25) is 0 Å². The maximum Gasteiger partial charge on any atom is 0.141 e. The lowest BCUT2D eigenvalue weighted by atomic mass is 10.0. The normalized spacial score (nSPS) is 15.1. The lowest BCUT2D eigenvalue weighted by Crippen LogP contribution is -3.13. The number of rotatable bonds is 4. The van der Waals surface area contributed by atoms with E-state index in [0.717, 1.165) is 48.4 Å². The van der Waals surface area contributed by atoms with E-state index in [2.05, 4.69) is 59.3 Å². The second-order valence-electron chi connectivity index (χ2n) is 7.82. The number of anilines is 1. The monoisotopic (exact) mass is 435 g/mol. The number of fused-ring (bicyclic) bond motifs is 1. The Balaban J connectivity index is 1.43. The molecule has 0 atom stereocenters. The maximum absolute atomic E-state index is 6.12. The number of aryl methyl sites for hydroxylation is 1. The van der Waals surface area contributed by atoms with Gasteiger partial charge in [-0.05, 0) is 24.6 Å². The van der Waals surface area contributed by atoms with Crippen LogP contribution in [0.4, 0.5) is 5.82 Å². The molecule has 152 valence electrons. The number of aromatic nitrogens is 2. The van der Waals surface area contributed by atoms with E-state index in [0.29, 0.717) is 0 Å². The van der Waals surface area contributed by atoms with Crippen molar-refractivity contribution in [3.05, 3.63) is 76.4 Å². The Morgan fingerprint density at radius 2 is 1.73 bits per heavy atom. The molecular formula is C24H24ClN4S+. The minimum Gasteiger partial charge on any atom is -0.345 e. The van der Waals surface area contributed by atoms with Crippen LogP contribution in [0.3, 0.4) is 0 Å². The van der Waals surface area contributed by atoms with Crippen LogP contribution in [-0.2, 0) is 6.54 Å². The fourth-order valence-corrected chi connectivity index (χ4v) is 5.46. The molecule has 1 saturated heterocycles. The number of piperazine rings is 1. The summed E-state index contributed by atoms with van der Waals surface area (Å²) in [6.07, 6.45) is 1.71. The van der Waals surface area contributed by atoms with E-state index < -0.39 is 0 Å². The van der Waals surface area contributed by atoms with Crippen molar-refractivity contribution in [1.82, 2.24) is 9.97 Å². The van der Waals surface area contributed by atoms with E-state index in [9.17, 15) is 0 Å². The smallest absolute Gasteiger partial charge is 0.141 e. The van der Waals surface area contributed by atoms with Crippen molar-refractivity contribution >= 4 is 39.0 Å². The van der Waals surface area contributed by atoms with Crippen LogP contribution in [0.2, 0.25) is 5.02 Å². The third kappa shape index (κ3) is 3.81. The van der Waals surface area contributed by atoms with Gasteiger partial charge in [0.25, 0.3) is 0 Å². The summed E-state index contributed by atoms with van der Waals surface area (Å²) in [7, 11) is 0. The molecule has 3 heterocycles. The van der Waals surface area contributed by atoms with Crippen LogP contribution in [0.1, 0.15) is 10.4 Å². The van der Waals surface area contributed by atoms with Crippen LogP contribution < -0.4 is 9.80 Å². The molecule has 0 aliphatic carbocycles. The molecule has 0 amide bonds. The van der Waals surface area contributed by atoms with E-state index in [1.54, 1.807) is 22.6 Å². The van der Waals surface area contributed by atoms with Gasteiger partial charge in [-0.25, -0.2) is 9.97 Å². The van der Waals surface area contributed by atoms with E-state index in [1.165, 1.54) is 27.0 Å². The molecule has 1 N–H and O–H groups in total. The topological polar surface area (TPSA) is 33.5 Å². The zero-order valence-corrected chi connectivity index (χ0v) is 18.5. The Kier molecular flexibility index (Phi) is 5.42. The van der Waals surface area contributed by atoms with Gasteiger partial charge in [-0.3, -0.25) is 0 Å². The summed E-state index contributed by atoms with van der Waals surface area (Å²) in [5.74, 6) is 1.06. The van der Waals surface area contributed by atoms with Crippen molar-refractivity contribution in [1.29, 1.82) is 0 Å². The quantitative estimate of drug-likeness (QED) is 0.521. The number of quaternary nitrogens is 1. The predicted octanol–water partition coefficient (Wildman–Crippen LogP) is 4.23. The number of nitrogens with one attached hydrogen (secondary N) is 1. The lowest BCUT2D eigenvalue weighted by Gasteiger charge is -2.33. The Bertz CT molecular complexity index is 1150. The largest absolute Gasteiger partial charge is 0.345 e. The predicted molar refractivity (Wildman–Crippen MR) is 126 cm³/mol. The van der Waals surface area contributed by atoms with E-state index in [4.69, 9.17) is 16.6 Å². The SMILES string of the molecule is Cc1sc2ncnc(N3CC[NH+](Cc4ccccc4)CC3)c2c1-c1ccc(Cl)cc1. The molecule has 1 aliphatic heterocycles. The molecule has 0 bridgehead atoms. The Morgan fingerprint density at radius 1 is 1.00 bits per heavy atom. The molecule has 5 rings (SSSR count). The highest BCUT2D eigenvalue weighted by Gasteiger charge is 2.25. The second kappa shape index (κ2) is 8.34. The van der Waals surface area contributed by atoms with Crippen LogP contribution in [-0.4, -0.2) is 36.1 Å². The number of hydrogen-bond donors (Lipinski definition) is 1. The van der Waals surface area contributed by atoms with Crippen LogP contribution in [0.15, 0.2) is 60.9 Å². The fourth-order valence-electron chi connectivity index (χ4n) is 4.33. The molecule has 2 aromatic heterocycles. The number of halogens is 1. The summed E-state index contributed by atoms with van der Waals surface area (Å²) in [6.45, 7) is 7.48. The first-order valence-corrected chi connectivity index (χ1v) is 11.5. The molecule has 0 saturated carbocycles. The minimum atomic E-state index is 0.755. The molecule has 4 aromatic rings. The number of benzene rings is 2. The summed E-state index contributed by atoms with van der Waals surface area (Å²) in [6, 6.07) is 18.9. The highest BCUT2D eigenvalue weighted by molar-refractivity contribution is 7.19. The van der Waals surface area contributed by atoms with Gasteiger partial charge in [0.1, 0.15) is 23.5 Å². The third-order valence-electron chi connectivity index (χ3n) is 5.84. The van der Waals surface area contributed by atoms with Crippen LogP contribution in [0.5, 0.6) is 0 Å². The minimum absolute atomic E-state index is 0.755. The van der Waals surface area contributed by atoms with Crippen LogP contribution in [0.25, 0.3) is 21.3 Å². The summed E-state index contributed by atoms with van der Waals surface area (Å²) >= 11 is 7.87. The molecule has 2 aromatic carbocycles. The van der Waals surface area contributed by atoms with Gasteiger partial charge in [0, 0.05) is 21.0 Å². The first kappa shape index (κ1) is 19.5. The van der Waals surface area contributed by atoms with Crippen molar-refractivity contribution in [2.24, 2.45) is 0 Å². The standard InChI is InChI=1S/C24H23ClN4S/c1-17-21(19-7-9-20(25)10-8-19)22-23(26-16-27-24(22)30-17)29-13-11-28(12-14-29)15-18-5-3-2-4-6-18/h2-10,16H,11-15H2,1H3/p+1. The van der Waals surface area contributed by atoms with Gasteiger partial charge >= 0.3 is 0 Å². The number of nitrogens with zero attached hydrogens (tertiary/aromatic N) is 3. The van der Waals surface area contributed by atoms with Gasteiger partial charge < -0.3 is 9.80 Å². The van der Waals surface area contributed by atoms with Gasteiger partial charge in [0.05, 0.1) is 31.6 Å². The lowest BCUT2D eigenvalue weighted by molar-refractivity contribution is -0.914. The molecule has 6 heteroatoms. The third-order valence-corrected chi connectivity index (χ3v) is 7.11. The van der Waals surface area contributed by atoms with Crippen molar-refractivity contribution in [2.45, 2.75) is 13.5 Å². The van der Waals surface area contributed by atoms with Crippen LogP contribution >= 0.6 is 22.9 Å². The molecule has 0 spiro atoms. The first-order chi connectivity index (χ1) is 14.7. The molecule has 0 unspecified atom stereocenters. The number of hydrogen-bond acceptors (Lipinski definition) is 4. The average Bonchev–Trinajstić information content (AvgIpc) is 3.11. The molecule has 1 fully saturated rings. The molecule has 0 radical (unpaired) electrons. The Morgan fingerprint density at radius 3 is 2.47 bits per heavy atom. The van der Waals surface area contributed by atoms with Gasteiger partial charge in [-0.1, -0.05) is 54.1 Å².